The van der Waals surface area contributed by atoms with Crippen LogP contribution in [-0.2, 0) is 0 Å². The molecule has 4 N–H and O–H groups in total. The van der Waals surface area contributed by atoms with Crippen LogP contribution in [0.4, 0.5) is 11.4 Å². The molecule has 4 heteroatoms. The summed E-state index contributed by atoms with van der Waals surface area (Å²) in [5.74, 6) is 0. The van der Waals surface area contributed by atoms with Gasteiger partial charge in [-0.05, 0) is 0 Å². The van der Waals surface area contributed by atoms with Gasteiger partial charge in [-0.25, -0.2) is 0 Å². The van der Waals surface area contributed by atoms with E-state index in [0.717, 1.165) is 11.4 Å². The summed E-state index contributed by atoms with van der Waals surface area (Å²) in [6.45, 7) is 0. The van der Waals surface area contributed by atoms with Crippen molar-refractivity contribution in [3.8, 4) is 0 Å². The molecule has 16 heavy (non-hydrogen) atoms. The number of nitrogens with two attached hydrogens (primary N) is 2. The zero-order valence-corrected chi connectivity index (χ0v) is 13.3. The summed E-state index contributed by atoms with van der Waals surface area (Å²) in [6, 6.07) is 16.4. The van der Waals surface area contributed by atoms with E-state index in [1.54, 1.807) is 0 Å². The molecule has 0 aliphatic heterocycles. The standard InChI is InChI=1S/C12H12N2Te2/c13-9-5-1-3-7-11(9)15-16-12-8-4-2-6-10(12)14/h1-8H,13-14H2. The molecule has 0 aromatic heterocycles. The zero-order chi connectivity index (χ0) is 11.4. The van der Waals surface area contributed by atoms with E-state index in [-0.39, 0.29) is 34.1 Å². The molecule has 82 valence electrons. The summed E-state index contributed by atoms with van der Waals surface area (Å²) in [7, 11) is 0. The van der Waals surface area contributed by atoms with E-state index in [9.17, 15) is 0 Å². The molecular weight excluding hydrogens is 427 g/mol. The van der Waals surface area contributed by atoms with Crippen LogP contribution in [0.15, 0.2) is 48.5 Å². The van der Waals surface area contributed by atoms with Crippen LogP contribution >= 0.6 is 0 Å². The van der Waals surface area contributed by atoms with Crippen LogP contribution in [0.2, 0.25) is 0 Å². The normalized spacial score (nSPS) is 10.2. The molecule has 0 saturated heterocycles. The van der Waals surface area contributed by atoms with E-state index in [0.29, 0.717) is 0 Å². The fourth-order valence-corrected chi connectivity index (χ4v) is 12.7. The van der Waals surface area contributed by atoms with Crippen molar-refractivity contribution in [1.82, 2.24) is 0 Å². The molecule has 0 aliphatic rings. The van der Waals surface area contributed by atoms with Crippen molar-refractivity contribution in [3.63, 3.8) is 0 Å². The molecule has 0 radical (unpaired) electrons. The summed E-state index contributed by atoms with van der Waals surface area (Å²) >= 11 is -0.304. The number of hydrogen-bond donors (Lipinski definition) is 2. The zero-order valence-electron chi connectivity index (χ0n) is 8.59. The minimum atomic E-state index is -0.152. The monoisotopic (exact) mass is 444 g/mol. The Bertz CT molecular complexity index is 440. The van der Waals surface area contributed by atoms with Crippen LogP contribution in [0.25, 0.3) is 0 Å². The van der Waals surface area contributed by atoms with Gasteiger partial charge in [0.1, 0.15) is 0 Å². The van der Waals surface area contributed by atoms with E-state index in [2.05, 4.69) is 24.3 Å². The fourth-order valence-electron chi connectivity index (χ4n) is 1.20. The summed E-state index contributed by atoms with van der Waals surface area (Å²) < 4.78 is 2.75. The van der Waals surface area contributed by atoms with E-state index in [1.165, 1.54) is 7.22 Å². The summed E-state index contributed by atoms with van der Waals surface area (Å²) in [5, 5.41) is 0. The van der Waals surface area contributed by atoms with Gasteiger partial charge in [-0.3, -0.25) is 0 Å². The molecule has 0 aliphatic carbocycles. The SMILES string of the molecule is Nc1ccccc1[Te][Te]c1ccccc1N. The van der Waals surface area contributed by atoms with Crippen LogP contribution in [0.1, 0.15) is 0 Å². The molecule has 0 fully saturated rings. The Balaban J connectivity index is 2.09. The number of nitrogen functional groups attached to an aromatic ring is 2. The van der Waals surface area contributed by atoms with Crippen LogP contribution < -0.4 is 18.7 Å². The molecule has 0 amide bonds. The minimum absolute atomic E-state index is 0.152. The van der Waals surface area contributed by atoms with Gasteiger partial charge in [-0.1, -0.05) is 0 Å². The van der Waals surface area contributed by atoms with Gasteiger partial charge >= 0.3 is 113 Å². The molecule has 2 aromatic carbocycles. The van der Waals surface area contributed by atoms with Crippen molar-refractivity contribution < 1.29 is 0 Å². The van der Waals surface area contributed by atoms with E-state index >= 15 is 0 Å². The number of para-hydroxylation sites is 2. The fraction of sp³-hybridized carbons (Fsp3) is 0. The predicted molar refractivity (Wildman–Crippen MR) is 72.5 cm³/mol. The molecule has 2 rings (SSSR count). The van der Waals surface area contributed by atoms with Crippen molar-refractivity contribution in [3.05, 3.63) is 48.5 Å². The molecule has 0 spiro atoms. The van der Waals surface area contributed by atoms with Crippen LogP contribution in [0.3, 0.4) is 0 Å². The summed E-state index contributed by atoms with van der Waals surface area (Å²) in [4.78, 5) is 0. The molecule has 0 heterocycles. The Morgan fingerprint density at radius 3 is 1.38 bits per heavy atom. The molecule has 0 unspecified atom stereocenters. The third-order valence-electron chi connectivity index (χ3n) is 2.06. The van der Waals surface area contributed by atoms with E-state index in [1.807, 2.05) is 24.3 Å². The molecule has 0 bridgehead atoms. The van der Waals surface area contributed by atoms with Crippen molar-refractivity contribution in [2.75, 3.05) is 11.5 Å². The Morgan fingerprint density at radius 2 is 1.00 bits per heavy atom. The Hall–Kier alpha value is -0.381. The Labute approximate surface area is 112 Å². The van der Waals surface area contributed by atoms with Crippen molar-refractivity contribution in [2.24, 2.45) is 0 Å². The van der Waals surface area contributed by atoms with Gasteiger partial charge in [0.05, 0.1) is 0 Å². The molecular formula is C12H12N2Te2. The van der Waals surface area contributed by atoms with Crippen LogP contribution in [-0.4, -0.2) is 34.1 Å². The number of hydrogen-bond acceptors (Lipinski definition) is 2. The van der Waals surface area contributed by atoms with E-state index < -0.39 is 0 Å². The van der Waals surface area contributed by atoms with Gasteiger partial charge in [0.2, 0.25) is 0 Å². The van der Waals surface area contributed by atoms with Gasteiger partial charge < -0.3 is 0 Å². The van der Waals surface area contributed by atoms with Crippen LogP contribution in [0.5, 0.6) is 0 Å². The average Bonchev–Trinajstić information content (AvgIpc) is 2.30. The van der Waals surface area contributed by atoms with Gasteiger partial charge in [0, 0.05) is 0 Å². The van der Waals surface area contributed by atoms with Gasteiger partial charge in [-0.15, -0.1) is 0 Å². The number of benzene rings is 2. The average molecular weight is 439 g/mol. The first-order valence-corrected chi connectivity index (χ1v) is 14.5. The predicted octanol–water partition coefficient (Wildman–Crippen LogP) is 0.125. The van der Waals surface area contributed by atoms with Crippen molar-refractivity contribution in [1.29, 1.82) is 0 Å². The topological polar surface area (TPSA) is 52.0 Å². The maximum absolute atomic E-state index is 5.94. The van der Waals surface area contributed by atoms with Crippen LogP contribution in [0, 0.1) is 0 Å². The third kappa shape index (κ3) is 3.06. The van der Waals surface area contributed by atoms with Gasteiger partial charge in [0.25, 0.3) is 0 Å². The summed E-state index contributed by atoms with van der Waals surface area (Å²) in [6.07, 6.45) is 0. The quantitative estimate of drug-likeness (QED) is 0.528. The first-order valence-electron chi connectivity index (χ1n) is 4.81. The molecule has 0 atom stereocenters. The van der Waals surface area contributed by atoms with Crippen molar-refractivity contribution >= 4 is 52.7 Å². The Kier molecular flexibility index (Phi) is 4.38. The molecule has 0 saturated carbocycles. The first kappa shape index (κ1) is 12.1. The molecule has 2 nitrogen and oxygen atoms in total. The molecule has 2 aromatic rings. The number of anilines is 2. The second-order valence-electron chi connectivity index (χ2n) is 3.24. The summed E-state index contributed by atoms with van der Waals surface area (Å²) in [5.41, 5.74) is 13.8. The third-order valence-corrected chi connectivity index (χ3v) is 13.9. The van der Waals surface area contributed by atoms with Gasteiger partial charge in [-0.2, -0.15) is 0 Å². The second kappa shape index (κ2) is 5.80. The Morgan fingerprint density at radius 1 is 0.625 bits per heavy atom. The van der Waals surface area contributed by atoms with Crippen molar-refractivity contribution in [2.45, 2.75) is 0 Å². The first-order chi connectivity index (χ1) is 7.77. The maximum atomic E-state index is 5.94. The second-order valence-corrected chi connectivity index (χ2v) is 13.1. The van der Waals surface area contributed by atoms with Gasteiger partial charge in [0.15, 0.2) is 0 Å². The number of rotatable bonds is 3. The van der Waals surface area contributed by atoms with E-state index in [4.69, 9.17) is 11.5 Å².